The highest BCUT2D eigenvalue weighted by Crippen LogP contribution is 2.21. The normalized spacial score (nSPS) is 10.5. The summed E-state index contributed by atoms with van der Waals surface area (Å²) in [5.74, 6) is 0.838. The quantitative estimate of drug-likeness (QED) is 0.885. The zero-order chi connectivity index (χ0) is 13.7. The third kappa shape index (κ3) is 3.80. The summed E-state index contributed by atoms with van der Waals surface area (Å²) in [6.07, 6.45) is 1.26. The third-order valence-corrected chi connectivity index (χ3v) is 2.26. The molecule has 0 saturated carbocycles. The maximum absolute atomic E-state index is 11.5. The van der Waals surface area contributed by atoms with Gasteiger partial charge in [-0.1, -0.05) is 6.07 Å². The first-order chi connectivity index (χ1) is 9.15. The average molecular weight is 261 g/mol. The van der Waals surface area contributed by atoms with E-state index in [0.29, 0.717) is 11.6 Å². The Hall–Kier alpha value is -2.37. The SMILES string of the molecule is CC(C)NC(=O)COc1cccc(-c2nnco2)c1. The highest BCUT2D eigenvalue weighted by Gasteiger charge is 2.07. The number of carbonyl (C=O) groups is 1. The summed E-state index contributed by atoms with van der Waals surface area (Å²) in [7, 11) is 0. The average Bonchev–Trinajstić information content (AvgIpc) is 2.90. The summed E-state index contributed by atoms with van der Waals surface area (Å²) >= 11 is 0. The third-order valence-electron chi connectivity index (χ3n) is 2.26. The molecule has 1 amide bonds. The molecule has 1 aromatic heterocycles. The van der Waals surface area contributed by atoms with Crippen LogP contribution in [0.5, 0.6) is 5.75 Å². The molecule has 1 N–H and O–H groups in total. The van der Waals surface area contributed by atoms with Crippen molar-refractivity contribution in [2.75, 3.05) is 6.61 Å². The summed E-state index contributed by atoms with van der Waals surface area (Å²) in [5.41, 5.74) is 0.749. The molecule has 0 aliphatic carbocycles. The maximum Gasteiger partial charge on any atom is 0.258 e. The van der Waals surface area contributed by atoms with E-state index < -0.39 is 0 Å². The van der Waals surface area contributed by atoms with E-state index in [1.165, 1.54) is 6.39 Å². The molecule has 0 bridgehead atoms. The van der Waals surface area contributed by atoms with Crippen molar-refractivity contribution in [3.63, 3.8) is 0 Å². The largest absolute Gasteiger partial charge is 0.484 e. The van der Waals surface area contributed by atoms with Crippen LogP contribution in [0.3, 0.4) is 0 Å². The Morgan fingerprint density at radius 2 is 2.32 bits per heavy atom. The van der Waals surface area contributed by atoms with Crippen LogP contribution in [0.4, 0.5) is 0 Å². The lowest BCUT2D eigenvalue weighted by molar-refractivity contribution is -0.123. The molecule has 0 fully saturated rings. The number of hydrogen-bond donors (Lipinski definition) is 1. The standard InChI is InChI=1S/C13H15N3O3/c1-9(2)15-12(17)7-18-11-5-3-4-10(6-11)13-16-14-8-19-13/h3-6,8-9H,7H2,1-2H3,(H,15,17). The number of ether oxygens (including phenoxy) is 1. The predicted octanol–water partition coefficient (Wildman–Crippen LogP) is 1.64. The number of rotatable bonds is 5. The Morgan fingerprint density at radius 3 is 3.00 bits per heavy atom. The molecule has 0 atom stereocenters. The lowest BCUT2D eigenvalue weighted by Gasteiger charge is -2.09. The molecule has 0 spiro atoms. The summed E-state index contributed by atoms with van der Waals surface area (Å²) in [5, 5.41) is 10.2. The monoisotopic (exact) mass is 261 g/mol. The van der Waals surface area contributed by atoms with Gasteiger partial charge in [0.05, 0.1) is 0 Å². The summed E-state index contributed by atoms with van der Waals surface area (Å²) in [6, 6.07) is 7.24. The molecule has 0 radical (unpaired) electrons. The van der Waals surface area contributed by atoms with Crippen molar-refractivity contribution in [1.29, 1.82) is 0 Å². The van der Waals surface area contributed by atoms with Crippen LogP contribution in [0.2, 0.25) is 0 Å². The number of hydrogen-bond acceptors (Lipinski definition) is 5. The van der Waals surface area contributed by atoms with Gasteiger partial charge in [-0.3, -0.25) is 4.79 Å². The fourth-order valence-corrected chi connectivity index (χ4v) is 1.53. The summed E-state index contributed by atoms with van der Waals surface area (Å²) in [4.78, 5) is 11.5. The van der Waals surface area contributed by atoms with E-state index in [-0.39, 0.29) is 18.6 Å². The van der Waals surface area contributed by atoms with Crippen LogP contribution in [-0.2, 0) is 4.79 Å². The Morgan fingerprint density at radius 1 is 1.47 bits per heavy atom. The van der Waals surface area contributed by atoms with Gasteiger partial charge in [0, 0.05) is 11.6 Å². The minimum atomic E-state index is -0.154. The van der Waals surface area contributed by atoms with Gasteiger partial charge < -0.3 is 14.5 Å². The van der Waals surface area contributed by atoms with Gasteiger partial charge in [0.2, 0.25) is 12.3 Å². The van der Waals surface area contributed by atoms with Gasteiger partial charge in [0.25, 0.3) is 5.91 Å². The van der Waals surface area contributed by atoms with Crippen molar-refractivity contribution in [2.45, 2.75) is 19.9 Å². The number of carbonyl (C=O) groups excluding carboxylic acids is 1. The first-order valence-corrected chi connectivity index (χ1v) is 5.94. The molecular formula is C13H15N3O3. The van der Waals surface area contributed by atoms with Gasteiger partial charge in [0.1, 0.15) is 5.75 Å². The zero-order valence-corrected chi connectivity index (χ0v) is 10.8. The van der Waals surface area contributed by atoms with Gasteiger partial charge in [-0.25, -0.2) is 0 Å². The molecular weight excluding hydrogens is 246 g/mol. The zero-order valence-electron chi connectivity index (χ0n) is 10.8. The Balaban J connectivity index is 1.98. The molecule has 0 unspecified atom stereocenters. The second-order valence-corrected chi connectivity index (χ2v) is 4.28. The van der Waals surface area contributed by atoms with Crippen LogP contribution in [0.1, 0.15) is 13.8 Å². The lowest BCUT2D eigenvalue weighted by atomic mass is 10.2. The van der Waals surface area contributed by atoms with Gasteiger partial charge in [-0.15, -0.1) is 10.2 Å². The molecule has 100 valence electrons. The predicted molar refractivity (Wildman–Crippen MR) is 68.5 cm³/mol. The van der Waals surface area contributed by atoms with E-state index in [1.807, 2.05) is 19.9 Å². The van der Waals surface area contributed by atoms with Crippen LogP contribution in [0.25, 0.3) is 11.5 Å². The van der Waals surface area contributed by atoms with E-state index in [0.717, 1.165) is 5.56 Å². The second kappa shape index (κ2) is 5.99. The molecule has 0 aliphatic heterocycles. The smallest absolute Gasteiger partial charge is 0.258 e. The van der Waals surface area contributed by atoms with Crippen molar-refractivity contribution in [1.82, 2.24) is 15.5 Å². The summed E-state index contributed by atoms with van der Waals surface area (Å²) in [6.45, 7) is 3.77. The Labute approximate surface area is 110 Å². The van der Waals surface area contributed by atoms with E-state index in [1.54, 1.807) is 18.2 Å². The molecule has 2 aromatic rings. The Kier molecular flexibility index (Phi) is 4.12. The minimum absolute atomic E-state index is 0.0224. The fraction of sp³-hybridized carbons (Fsp3) is 0.308. The van der Waals surface area contributed by atoms with Crippen LogP contribution >= 0.6 is 0 Å². The molecule has 1 heterocycles. The topological polar surface area (TPSA) is 77.2 Å². The first kappa shape index (κ1) is 13.1. The van der Waals surface area contributed by atoms with Crippen LogP contribution in [-0.4, -0.2) is 28.8 Å². The van der Waals surface area contributed by atoms with E-state index in [9.17, 15) is 4.79 Å². The first-order valence-electron chi connectivity index (χ1n) is 5.94. The lowest BCUT2D eigenvalue weighted by Crippen LogP contribution is -2.34. The van der Waals surface area contributed by atoms with Crippen LogP contribution < -0.4 is 10.1 Å². The van der Waals surface area contributed by atoms with Gasteiger partial charge in [-0.2, -0.15) is 0 Å². The van der Waals surface area contributed by atoms with Gasteiger partial charge in [0.15, 0.2) is 6.61 Å². The summed E-state index contributed by atoms with van der Waals surface area (Å²) < 4.78 is 10.5. The fourth-order valence-electron chi connectivity index (χ4n) is 1.53. The van der Waals surface area contributed by atoms with Crippen LogP contribution in [0.15, 0.2) is 35.1 Å². The molecule has 0 saturated heterocycles. The van der Waals surface area contributed by atoms with Gasteiger partial charge >= 0.3 is 0 Å². The highest BCUT2D eigenvalue weighted by atomic mass is 16.5. The molecule has 6 nitrogen and oxygen atoms in total. The molecule has 19 heavy (non-hydrogen) atoms. The van der Waals surface area contributed by atoms with Gasteiger partial charge in [-0.05, 0) is 32.0 Å². The van der Waals surface area contributed by atoms with Crippen molar-refractivity contribution < 1.29 is 13.9 Å². The van der Waals surface area contributed by atoms with E-state index in [2.05, 4.69) is 15.5 Å². The number of amides is 1. The highest BCUT2D eigenvalue weighted by molar-refractivity contribution is 5.77. The van der Waals surface area contributed by atoms with Crippen molar-refractivity contribution in [3.05, 3.63) is 30.7 Å². The van der Waals surface area contributed by atoms with Crippen molar-refractivity contribution >= 4 is 5.91 Å². The maximum atomic E-state index is 11.5. The van der Waals surface area contributed by atoms with E-state index in [4.69, 9.17) is 9.15 Å². The molecule has 2 rings (SSSR count). The number of aromatic nitrogens is 2. The van der Waals surface area contributed by atoms with E-state index >= 15 is 0 Å². The molecule has 6 heteroatoms. The number of nitrogens with one attached hydrogen (secondary N) is 1. The Bertz CT molecular complexity index is 538. The van der Waals surface area contributed by atoms with Crippen molar-refractivity contribution in [3.8, 4) is 17.2 Å². The number of nitrogens with zero attached hydrogens (tertiary/aromatic N) is 2. The second-order valence-electron chi connectivity index (χ2n) is 4.28. The molecule has 0 aliphatic rings. The minimum Gasteiger partial charge on any atom is -0.484 e. The molecule has 1 aromatic carbocycles. The van der Waals surface area contributed by atoms with Crippen LogP contribution in [0, 0.1) is 0 Å². The van der Waals surface area contributed by atoms with Crippen molar-refractivity contribution in [2.24, 2.45) is 0 Å². The number of benzene rings is 1.